The van der Waals surface area contributed by atoms with E-state index < -0.39 is 30.3 Å². The highest BCUT2D eigenvalue weighted by atomic mass is 19.4. The minimum Gasteiger partial charge on any atom is -0.324 e. The molecule has 1 unspecified atom stereocenters. The fraction of sp³-hybridized carbons (Fsp3) is 0.455. The molecule has 0 bridgehead atoms. The molecule has 0 saturated carbocycles. The van der Waals surface area contributed by atoms with Gasteiger partial charge in [0.1, 0.15) is 11.6 Å². The maximum Gasteiger partial charge on any atom is 0.389 e. The van der Waals surface area contributed by atoms with Crippen molar-refractivity contribution in [1.29, 1.82) is 0 Å². The van der Waals surface area contributed by atoms with E-state index in [1.54, 1.807) is 0 Å². The molecule has 0 aliphatic heterocycles. The molecule has 0 aliphatic carbocycles. The second kappa shape index (κ2) is 5.44. The van der Waals surface area contributed by atoms with Gasteiger partial charge in [-0.15, -0.1) is 0 Å². The Morgan fingerprint density at radius 2 is 1.59 bits per heavy atom. The molecule has 0 fully saturated rings. The highest BCUT2D eigenvalue weighted by molar-refractivity contribution is 5.20. The van der Waals surface area contributed by atoms with Gasteiger partial charge in [-0.3, -0.25) is 0 Å². The van der Waals surface area contributed by atoms with Gasteiger partial charge < -0.3 is 5.73 Å². The summed E-state index contributed by atoms with van der Waals surface area (Å²) in [5.74, 6) is -1.57. The SMILES string of the molecule is NC(CCCC(F)(F)F)c1cc(F)cc(F)c1. The first kappa shape index (κ1) is 13.9. The molecule has 0 amide bonds. The van der Waals surface area contributed by atoms with Crippen LogP contribution in [-0.2, 0) is 0 Å². The number of rotatable bonds is 4. The van der Waals surface area contributed by atoms with Crippen LogP contribution in [0.25, 0.3) is 0 Å². The molecule has 0 radical (unpaired) electrons. The van der Waals surface area contributed by atoms with Crippen LogP contribution < -0.4 is 5.73 Å². The Kier molecular flexibility index (Phi) is 4.45. The van der Waals surface area contributed by atoms with E-state index in [1.165, 1.54) is 0 Å². The van der Waals surface area contributed by atoms with Crippen LogP contribution in [0.4, 0.5) is 22.0 Å². The maximum absolute atomic E-state index is 12.8. The first-order valence-electron chi connectivity index (χ1n) is 5.06. The molecule has 17 heavy (non-hydrogen) atoms. The van der Waals surface area contributed by atoms with Crippen LogP contribution >= 0.6 is 0 Å². The summed E-state index contributed by atoms with van der Waals surface area (Å²) in [4.78, 5) is 0. The van der Waals surface area contributed by atoms with Crippen LogP contribution in [-0.4, -0.2) is 6.18 Å². The smallest absolute Gasteiger partial charge is 0.324 e. The number of hydrogen-bond acceptors (Lipinski definition) is 1. The highest BCUT2D eigenvalue weighted by Crippen LogP contribution is 2.25. The van der Waals surface area contributed by atoms with E-state index in [4.69, 9.17) is 5.73 Å². The Morgan fingerprint density at radius 1 is 1.06 bits per heavy atom. The number of halogens is 5. The first-order valence-corrected chi connectivity index (χ1v) is 5.06. The van der Waals surface area contributed by atoms with E-state index in [-0.39, 0.29) is 18.4 Å². The number of nitrogens with two attached hydrogens (primary N) is 1. The second-order valence-electron chi connectivity index (χ2n) is 3.82. The summed E-state index contributed by atoms with van der Waals surface area (Å²) >= 11 is 0. The van der Waals surface area contributed by atoms with Gasteiger partial charge in [-0.2, -0.15) is 13.2 Å². The standard InChI is InChI=1S/C11H12F5N/c12-8-4-7(5-9(13)6-8)10(17)2-1-3-11(14,15)16/h4-6,10H,1-3,17H2. The predicted octanol–water partition coefficient (Wildman–Crippen LogP) is 3.70. The van der Waals surface area contributed by atoms with E-state index in [0.29, 0.717) is 6.07 Å². The Balaban J connectivity index is 2.55. The van der Waals surface area contributed by atoms with Crippen molar-refractivity contribution in [3.8, 4) is 0 Å². The fourth-order valence-electron chi connectivity index (χ4n) is 1.48. The van der Waals surface area contributed by atoms with Gasteiger partial charge in [-0.1, -0.05) is 0 Å². The van der Waals surface area contributed by atoms with Crippen molar-refractivity contribution < 1.29 is 22.0 Å². The molecular weight excluding hydrogens is 241 g/mol. The van der Waals surface area contributed by atoms with Crippen LogP contribution in [0.2, 0.25) is 0 Å². The van der Waals surface area contributed by atoms with Crippen molar-refractivity contribution in [2.45, 2.75) is 31.5 Å². The molecule has 0 heterocycles. The zero-order chi connectivity index (χ0) is 13.1. The summed E-state index contributed by atoms with van der Waals surface area (Å²) in [5, 5.41) is 0. The first-order chi connectivity index (χ1) is 7.78. The van der Waals surface area contributed by atoms with Gasteiger partial charge >= 0.3 is 6.18 Å². The summed E-state index contributed by atoms with van der Waals surface area (Å²) in [6.07, 6.45) is -5.31. The number of hydrogen-bond donors (Lipinski definition) is 1. The van der Waals surface area contributed by atoms with Gasteiger partial charge in [0.05, 0.1) is 0 Å². The van der Waals surface area contributed by atoms with Crippen LogP contribution in [0.1, 0.15) is 30.9 Å². The quantitative estimate of drug-likeness (QED) is 0.813. The van der Waals surface area contributed by atoms with Crippen LogP contribution in [0, 0.1) is 11.6 Å². The number of alkyl halides is 3. The molecule has 1 nitrogen and oxygen atoms in total. The molecule has 1 aromatic rings. The maximum atomic E-state index is 12.8. The van der Waals surface area contributed by atoms with Gasteiger partial charge in [0.25, 0.3) is 0 Å². The largest absolute Gasteiger partial charge is 0.389 e. The van der Waals surface area contributed by atoms with Gasteiger partial charge in [0.2, 0.25) is 0 Å². The molecule has 0 saturated heterocycles. The molecule has 2 N–H and O–H groups in total. The summed E-state index contributed by atoms with van der Waals surface area (Å²) in [5.41, 5.74) is 5.73. The molecular formula is C11H12F5N. The minimum absolute atomic E-state index is 0.0302. The van der Waals surface area contributed by atoms with Crippen LogP contribution in [0.15, 0.2) is 18.2 Å². The zero-order valence-electron chi connectivity index (χ0n) is 8.90. The lowest BCUT2D eigenvalue weighted by molar-refractivity contribution is -0.135. The molecule has 6 heteroatoms. The Morgan fingerprint density at radius 3 is 2.06 bits per heavy atom. The molecule has 1 aromatic carbocycles. The third kappa shape index (κ3) is 5.12. The van der Waals surface area contributed by atoms with E-state index >= 15 is 0 Å². The Bertz CT molecular complexity index is 354. The molecule has 96 valence electrons. The van der Waals surface area contributed by atoms with E-state index in [0.717, 1.165) is 12.1 Å². The van der Waals surface area contributed by atoms with Crippen LogP contribution in [0.5, 0.6) is 0 Å². The summed E-state index contributed by atoms with van der Waals surface area (Å²) in [7, 11) is 0. The van der Waals surface area contributed by atoms with Crippen LogP contribution in [0.3, 0.4) is 0 Å². The van der Waals surface area contributed by atoms with Crippen molar-refractivity contribution >= 4 is 0 Å². The average Bonchev–Trinajstić information content (AvgIpc) is 2.13. The molecule has 0 aliphatic rings. The fourth-order valence-corrected chi connectivity index (χ4v) is 1.48. The topological polar surface area (TPSA) is 26.0 Å². The van der Waals surface area contributed by atoms with E-state index in [2.05, 4.69) is 0 Å². The summed E-state index contributed by atoms with van der Waals surface area (Å²) in [6.45, 7) is 0. The zero-order valence-corrected chi connectivity index (χ0v) is 8.90. The lowest BCUT2D eigenvalue weighted by Gasteiger charge is -2.13. The molecule has 0 aromatic heterocycles. The molecule has 0 spiro atoms. The van der Waals surface area contributed by atoms with Gasteiger partial charge in [0, 0.05) is 18.5 Å². The third-order valence-corrected chi connectivity index (χ3v) is 2.29. The monoisotopic (exact) mass is 253 g/mol. The van der Waals surface area contributed by atoms with Gasteiger partial charge in [-0.25, -0.2) is 8.78 Å². The van der Waals surface area contributed by atoms with Crippen molar-refractivity contribution in [2.24, 2.45) is 5.73 Å². The van der Waals surface area contributed by atoms with Gasteiger partial charge in [-0.05, 0) is 30.5 Å². The summed E-state index contributed by atoms with van der Waals surface area (Å²) < 4.78 is 61.3. The van der Waals surface area contributed by atoms with Gasteiger partial charge in [0.15, 0.2) is 0 Å². The predicted molar refractivity (Wildman–Crippen MR) is 53.2 cm³/mol. The van der Waals surface area contributed by atoms with E-state index in [1.807, 2.05) is 0 Å². The molecule has 1 rings (SSSR count). The van der Waals surface area contributed by atoms with Crippen molar-refractivity contribution in [3.05, 3.63) is 35.4 Å². The second-order valence-corrected chi connectivity index (χ2v) is 3.82. The normalized spacial score (nSPS) is 13.8. The van der Waals surface area contributed by atoms with Crippen molar-refractivity contribution in [3.63, 3.8) is 0 Å². The van der Waals surface area contributed by atoms with E-state index in [9.17, 15) is 22.0 Å². The Hall–Kier alpha value is -1.17. The molecule has 1 atom stereocenters. The average molecular weight is 253 g/mol. The highest BCUT2D eigenvalue weighted by Gasteiger charge is 2.26. The van der Waals surface area contributed by atoms with Crippen molar-refractivity contribution in [1.82, 2.24) is 0 Å². The third-order valence-electron chi connectivity index (χ3n) is 2.29. The Labute approximate surface area is 95.4 Å². The number of benzene rings is 1. The minimum atomic E-state index is -4.23. The lowest BCUT2D eigenvalue weighted by atomic mass is 10.0. The lowest BCUT2D eigenvalue weighted by Crippen LogP contribution is -2.13. The van der Waals surface area contributed by atoms with Crippen molar-refractivity contribution in [2.75, 3.05) is 0 Å². The summed E-state index contributed by atoms with van der Waals surface area (Å²) in [6, 6.07) is 1.96.